The van der Waals surface area contributed by atoms with E-state index in [-0.39, 0.29) is 5.60 Å². The van der Waals surface area contributed by atoms with Crippen LogP contribution in [0.2, 0.25) is 0 Å². The molecule has 0 amide bonds. The van der Waals surface area contributed by atoms with Crippen molar-refractivity contribution >= 4 is 11.3 Å². The summed E-state index contributed by atoms with van der Waals surface area (Å²) in [6, 6.07) is 2.00. The van der Waals surface area contributed by atoms with Crippen LogP contribution in [0.4, 0.5) is 0 Å². The van der Waals surface area contributed by atoms with Crippen molar-refractivity contribution in [2.45, 2.75) is 51.2 Å². The Morgan fingerprint density at radius 3 is 2.41 bits per heavy atom. The van der Waals surface area contributed by atoms with Gasteiger partial charge in [-0.15, -0.1) is 0 Å². The van der Waals surface area contributed by atoms with Crippen LogP contribution in [0, 0.1) is 5.41 Å². The van der Waals surface area contributed by atoms with Crippen molar-refractivity contribution in [3.05, 3.63) is 22.4 Å². The van der Waals surface area contributed by atoms with Gasteiger partial charge >= 0.3 is 0 Å². The van der Waals surface area contributed by atoms with Gasteiger partial charge in [0.15, 0.2) is 0 Å². The van der Waals surface area contributed by atoms with Gasteiger partial charge in [-0.2, -0.15) is 11.3 Å². The zero-order valence-corrected chi connectivity index (χ0v) is 11.7. The van der Waals surface area contributed by atoms with Gasteiger partial charge in [-0.1, -0.05) is 13.8 Å². The van der Waals surface area contributed by atoms with Gasteiger partial charge in [0.1, 0.15) is 6.10 Å². The highest BCUT2D eigenvalue weighted by molar-refractivity contribution is 7.07. The Balaban J connectivity index is 2.16. The van der Waals surface area contributed by atoms with Crippen LogP contribution < -0.4 is 0 Å². The van der Waals surface area contributed by atoms with E-state index in [0.717, 1.165) is 31.2 Å². The largest absolute Gasteiger partial charge is 0.385 e. The van der Waals surface area contributed by atoms with Gasteiger partial charge in [0.25, 0.3) is 0 Å². The maximum absolute atomic E-state index is 10.5. The third-order valence-electron chi connectivity index (χ3n) is 4.21. The summed E-state index contributed by atoms with van der Waals surface area (Å²) in [4.78, 5) is 0. The number of aliphatic hydroxyl groups is 1. The monoisotopic (exact) mass is 254 g/mol. The van der Waals surface area contributed by atoms with E-state index < -0.39 is 6.10 Å². The molecule has 1 aromatic rings. The molecule has 1 aliphatic carbocycles. The summed E-state index contributed by atoms with van der Waals surface area (Å²) >= 11 is 1.63. The first-order valence-corrected chi connectivity index (χ1v) is 7.19. The second-order valence-corrected chi connectivity index (χ2v) is 6.67. The van der Waals surface area contributed by atoms with E-state index in [0.29, 0.717) is 5.41 Å². The predicted octanol–water partition coefficient (Wildman–Crippen LogP) is 3.77. The molecule has 1 unspecified atom stereocenters. The zero-order chi connectivity index (χ0) is 12.5. The molecule has 3 heteroatoms. The average Bonchev–Trinajstić information content (AvgIpc) is 2.82. The fourth-order valence-corrected chi connectivity index (χ4v) is 3.35. The van der Waals surface area contributed by atoms with E-state index in [1.165, 1.54) is 0 Å². The maximum atomic E-state index is 10.5. The van der Waals surface area contributed by atoms with Crippen molar-refractivity contribution in [3.8, 4) is 0 Å². The molecule has 0 saturated heterocycles. The predicted molar refractivity (Wildman–Crippen MR) is 71.3 cm³/mol. The van der Waals surface area contributed by atoms with E-state index in [9.17, 15) is 5.11 Å². The first kappa shape index (κ1) is 13.1. The van der Waals surface area contributed by atoms with Crippen molar-refractivity contribution in [3.63, 3.8) is 0 Å². The molecule has 0 bridgehead atoms. The van der Waals surface area contributed by atoms with Crippen molar-refractivity contribution in [2.24, 2.45) is 5.41 Å². The summed E-state index contributed by atoms with van der Waals surface area (Å²) in [6.07, 6.45) is 3.61. The summed E-state index contributed by atoms with van der Waals surface area (Å²) < 4.78 is 5.71. The highest BCUT2D eigenvalue weighted by atomic mass is 32.1. The molecule has 0 radical (unpaired) electrons. The quantitative estimate of drug-likeness (QED) is 0.889. The van der Waals surface area contributed by atoms with Gasteiger partial charge in [0.2, 0.25) is 0 Å². The van der Waals surface area contributed by atoms with Gasteiger partial charge in [0, 0.05) is 7.11 Å². The summed E-state index contributed by atoms with van der Waals surface area (Å²) in [5.41, 5.74) is 1.00. The van der Waals surface area contributed by atoms with Crippen LogP contribution >= 0.6 is 11.3 Å². The molecule has 0 aliphatic heterocycles. The van der Waals surface area contributed by atoms with E-state index in [1.807, 2.05) is 16.8 Å². The molecule has 2 nitrogen and oxygen atoms in total. The van der Waals surface area contributed by atoms with Crippen LogP contribution in [0.5, 0.6) is 0 Å². The number of methoxy groups -OCH3 is 1. The second-order valence-electron chi connectivity index (χ2n) is 5.89. The number of hydrogen-bond donors (Lipinski definition) is 1. The first-order valence-electron chi connectivity index (χ1n) is 6.24. The Labute approximate surface area is 108 Å². The number of ether oxygens (including phenoxy) is 1. The lowest BCUT2D eigenvalue weighted by molar-refractivity contribution is -0.138. The third kappa shape index (κ3) is 2.56. The molecule has 17 heavy (non-hydrogen) atoms. The average molecular weight is 254 g/mol. The van der Waals surface area contributed by atoms with Crippen LogP contribution in [-0.4, -0.2) is 17.8 Å². The molecule has 1 fully saturated rings. The minimum atomic E-state index is -0.491. The summed E-state index contributed by atoms with van der Waals surface area (Å²) in [5.74, 6) is 0. The molecule has 1 atom stereocenters. The first-order chi connectivity index (χ1) is 7.99. The van der Waals surface area contributed by atoms with Crippen LogP contribution in [0.3, 0.4) is 0 Å². The molecule has 1 aromatic heterocycles. The second kappa shape index (κ2) is 4.71. The van der Waals surface area contributed by atoms with Gasteiger partial charge in [-0.25, -0.2) is 0 Å². The van der Waals surface area contributed by atoms with Crippen LogP contribution in [0.25, 0.3) is 0 Å². The van der Waals surface area contributed by atoms with Crippen molar-refractivity contribution < 1.29 is 9.84 Å². The molecule has 0 spiro atoms. The van der Waals surface area contributed by atoms with Crippen molar-refractivity contribution in [1.29, 1.82) is 0 Å². The SMILES string of the molecule is COC1(C(O)c2ccsc2)CCC(C)(C)CC1. The van der Waals surface area contributed by atoms with E-state index in [2.05, 4.69) is 13.8 Å². The molecular formula is C14H22O2S. The highest BCUT2D eigenvalue weighted by Gasteiger charge is 2.44. The van der Waals surface area contributed by atoms with Gasteiger partial charge in [0.05, 0.1) is 5.60 Å². The Morgan fingerprint density at radius 2 is 1.94 bits per heavy atom. The molecular weight excluding hydrogens is 232 g/mol. The van der Waals surface area contributed by atoms with Gasteiger partial charge < -0.3 is 9.84 Å². The summed E-state index contributed by atoms with van der Waals surface area (Å²) in [5, 5.41) is 14.6. The van der Waals surface area contributed by atoms with Crippen molar-refractivity contribution in [2.75, 3.05) is 7.11 Å². The third-order valence-corrected chi connectivity index (χ3v) is 4.92. The van der Waals surface area contributed by atoms with Crippen LogP contribution in [0.1, 0.15) is 51.2 Å². The lowest BCUT2D eigenvalue weighted by atomic mass is 9.68. The summed E-state index contributed by atoms with van der Waals surface area (Å²) in [6.45, 7) is 4.59. The number of hydrogen-bond acceptors (Lipinski definition) is 3. The summed E-state index contributed by atoms with van der Waals surface area (Å²) in [7, 11) is 1.73. The van der Waals surface area contributed by atoms with Gasteiger partial charge in [-0.05, 0) is 53.5 Å². The zero-order valence-electron chi connectivity index (χ0n) is 10.9. The van der Waals surface area contributed by atoms with E-state index in [1.54, 1.807) is 18.4 Å². The smallest absolute Gasteiger partial charge is 0.109 e. The molecule has 1 saturated carbocycles. The molecule has 1 heterocycles. The number of aliphatic hydroxyl groups excluding tert-OH is 1. The Hall–Kier alpha value is -0.380. The lowest BCUT2D eigenvalue weighted by Crippen LogP contribution is -2.43. The Kier molecular flexibility index (Phi) is 3.62. The fourth-order valence-electron chi connectivity index (χ4n) is 2.67. The van der Waals surface area contributed by atoms with Crippen LogP contribution in [0.15, 0.2) is 16.8 Å². The molecule has 2 rings (SSSR count). The molecule has 96 valence electrons. The number of rotatable bonds is 3. The van der Waals surface area contributed by atoms with E-state index >= 15 is 0 Å². The van der Waals surface area contributed by atoms with Crippen molar-refractivity contribution in [1.82, 2.24) is 0 Å². The Morgan fingerprint density at radius 1 is 1.29 bits per heavy atom. The molecule has 0 aromatic carbocycles. The maximum Gasteiger partial charge on any atom is 0.109 e. The molecule has 1 aliphatic rings. The number of thiophene rings is 1. The standard InChI is InChI=1S/C14H22O2S/c1-13(2)5-7-14(16-3,8-6-13)12(15)11-4-9-17-10-11/h4,9-10,12,15H,5-8H2,1-3H3. The fraction of sp³-hybridized carbons (Fsp3) is 0.714. The lowest BCUT2D eigenvalue weighted by Gasteiger charge is -2.45. The van der Waals surface area contributed by atoms with Crippen LogP contribution in [-0.2, 0) is 4.74 Å². The normalized spacial score (nSPS) is 24.5. The van der Waals surface area contributed by atoms with E-state index in [4.69, 9.17) is 4.74 Å². The minimum absolute atomic E-state index is 0.378. The topological polar surface area (TPSA) is 29.5 Å². The van der Waals surface area contributed by atoms with Gasteiger partial charge in [-0.3, -0.25) is 0 Å². The Bertz CT molecular complexity index is 346. The highest BCUT2D eigenvalue weighted by Crippen LogP contribution is 2.47. The minimum Gasteiger partial charge on any atom is -0.385 e. The molecule has 1 N–H and O–H groups in total.